The highest BCUT2D eigenvalue weighted by atomic mass is 16.5. The first-order valence-electron chi connectivity index (χ1n) is 4.62. The van der Waals surface area contributed by atoms with E-state index in [0.717, 1.165) is 19.8 Å². The summed E-state index contributed by atoms with van der Waals surface area (Å²) in [4.78, 5) is 0. The number of nitrogens with one attached hydrogen (secondary N) is 1. The van der Waals surface area contributed by atoms with Crippen LogP contribution >= 0.6 is 0 Å². The fourth-order valence-electron chi connectivity index (χ4n) is 1.01. The zero-order valence-corrected chi connectivity index (χ0v) is 8.18. The van der Waals surface area contributed by atoms with Crippen molar-refractivity contribution in [3.8, 4) is 0 Å². The van der Waals surface area contributed by atoms with Gasteiger partial charge in [-0.05, 0) is 5.92 Å². The Hall–Kier alpha value is -0.0800. The lowest BCUT2D eigenvalue weighted by molar-refractivity contribution is 0.0623. The number of hydrogen-bond acceptors (Lipinski definition) is 2. The van der Waals surface area contributed by atoms with Gasteiger partial charge in [0.05, 0.1) is 13.2 Å². The van der Waals surface area contributed by atoms with Crippen molar-refractivity contribution in [3.63, 3.8) is 0 Å². The molecule has 1 heterocycles. The molecule has 0 spiro atoms. The molecule has 0 bridgehead atoms. The Balaban J connectivity index is 0.000000461. The highest BCUT2D eigenvalue weighted by Gasteiger charge is 2.15. The molecule has 0 saturated carbocycles. The summed E-state index contributed by atoms with van der Waals surface area (Å²) in [6.45, 7) is 11.2. The maximum atomic E-state index is 5.28. The topological polar surface area (TPSA) is 21.3 Å². The van der Waals surface area contributed by atoms with Gasteiger partial charge in [-0.2, -0.15) is 0 Å². The van der Waals surface area contributed by atoms with Crippen LogP contribution in [0.4, 0.5) is 0 Å². The average Bonchev–Trinajstić information content (AvgIpc) is 2.10. The van der Waals surface area contributed by atoms with Crippen molar-refractivity contribution in [3.05, 3.63) is 0 Å². The average molecular weight is 159 g/mol. The molecule has 1 N–H and O–H groups in total. The molecule has 1 aliphatic heterocycles. The van der Waals surface area contributed by atoms with E-state index in [2.05, 4.69) is 19.2 Å². The Kier molecular flexibility index (Phi) is 6.57. The summed E-state index contributed by atoms with van der Waals surface area (Å²) in [6, 6.07) is 0.582. The Bertz CT molecular complexity index is 77.6. The Morgan fingerprint density at radius 3 is 2.27 bits per heavy atom. The standard InChI is InChI=1S/C7H15NO.C2H6/c1-6(2)7-5-9-4-3-8-7;1-2/h6-8H,3-5H2,1-2H3;1-2H3/t7-;/m1./s1. The zero-order chi connectivity index (χ0) is 8.69. The number of morpholine rings is 1. The second kappa shape index (κ2) is 6.62. The monoisotopic (exact) mass is 159 g/mol. The smallest absolute Gasteiger partial charge is 0.0622 e. The minimum atomic E-state index is 0.582. The zero-order valence-electron chi connectivity index (χ0n) is 8.18. The van der Waals surface area contributed by atoms with E-state index < -0.39 is 0 Å². The van der Waals surface area contributed by atoms with Gasteiger partial charge >= 0.3 is 0 Å². The Morgan fingerprint density at radius 1 is 1.36 bits per heavy atom. The van der Waals surface area contributed by atoms with Crippen molar-refractivity contribution in [2.24, 2.45) is 5.92 Å². The van der Waals surface area contributed by atoms with Gasteiger partial charge in [-0.15, -0.1) is 0 Å². The van der Waals surface area contributed by atoms with Gasteiger partial charge in [0, 0.05) is 12.6 Å². The number of hydrogen-bond donors (Lipinski definition) is 1. The number of rotatable bonds is 1. The van der Waals surface area contributed by atoms with E-state index in [9.17, 15) is 0 Å². The lowest BCUT2D eigenvalue weighted by Crippen LogP contribution is -2.44. The third kappa shape index (κ3) is 4.38. The molecule has 1 rings (SSSR count). The van der Waals surface area contributed by atoms with Gasteiger partial charge < -0.3 is 10.1 Å². The van der Waals surface area contributed by atoms with E-state index in [1.54, 1.807) is 0 Å². The van der Waals surface area contributed by atoms with Crippen molar-refractivity contribution >= 4 is 0 Å². The SMILES string of the molecule is CC.CC(C)[C@H]1COCCN1. The molecule has 0 aromatic heterocycles. The lowest BCUT2D eigenvalue weighted by atomic mass is 10.1. The van der Waals surface area contributed by atoms with Gasteiger partial charge in [-0.1, -0.05) is 27.7 Å². The Labute approximate surface area is 70.3 Å². The van der Waals surface area contributed by atoms with Gasteiger partial charge in [-0.25, -0.2) is 0 Å². The highest BCUT2D eigenvalue weighted by Crippen LogP contribution is 2.04. The van der Waals surface area contributed by atoms with Gasteiger partial charge in [-0.3, -0.25) is 0 Å². The Morgan fingerprint density at radius 2 is 2.00 bits per heavy atom. The first-order valence-corrected chi connectivity index (χ1v) is 4.62. The van der Waals surface area contributed by atoms with Crippen LogP contribution in [0.5, 0.6) is 0 Å². The van der Waals surface area contributed by atoms with E-state index >= 15 is 0 Å². The second-order valence-electron chi connectivity index (χ2n) is 2.88. The molecule has 0 aliphatic carbocycles. The molecule has 2 nitrogen and oxygen atoms in total. The minimum Gasteiger partial charge on any atom is -0.379 e. The van der Waals surface area contributed by atoms with Gasteiger partial charge in [0.25, 0.3) is 0 Å². The van der Waals surface area contributed by atoms with Crippen LogP contribution < -0.4 is 5.32 Å². The van der Waals surface area contributed by atoms with Crippen molar-refractivity contribution in [2.75, 3.05) is 19.8 Å². The maximum absolute atomic E-state index is 5.28. The summed E-state index contributed by atoms with van der Waals surface area (Å²) in [7, 11) is 0. The third-order valence-electron chi connectivity index (χ3n) is 1.76. The molecule has 2 heteroatoms. The van der Waals surface area contributed by atoms with Crippen molar-refractivity contribution in [1.82, 2.24) is 5.32 Å². The van der Waals surface area contributed by atoms with E-state index in [4.69, 9.17) is 4.74 Å². The van der Waals surface area contributed by atoms with Crippen molar-refractivity contribution < 1.29 is 4.74 Å². The molecular weight excluding hydrogens is 138 g/mol. The van der Waals surface area contributed by atoms with E-state index in [1.165, 1.54) is 0 Å². The van der Waals surface area contributed by atoms with E-state index in [0.29, 0.717) is 12.0 Å². The van der Waals surface area contributed by atoms with Crippen LogP contribution in [0.25, 0.3) is 0 Å². The predicted molar refractivity (Wildman–Crippen MR) is 48.8 cm³/mol. The van der Waals surface area contributed by atoms with Crippen LogP contribution in [0.1, 0.15) is 27.7 Å². The largest absolute Gasteiger partial charge is 0.379 e. The molecule has 0 unspecified atom stereocenters. The fraction of sp³-hybridized carbons (Fsp3) is 1.00. The molecule has 0 radical (unpaired) electrons. The van der Waals surface area contributed by atoms with E-state index in [1.807, 2.05) is 13.8 Å². The highest BCUT2D eigenvalue weighted by molar-refractivity contribution is 4.72. The maximum Gasteiger partial charge on any atom is 0.0622 e. The first-order chi connectivity index (χ1) is 5.30. The van der Waals surface area contributed by atoms with Gasteiger partial charge in [0.1, 0.15) is 0 Å². The summed E-state index contributed by atoms with van der Waals surface area (Å²) < 4.78 is 5.28. The van der Waals surface area contributed by atoms with E-state index in [-0.39, 0.29) is 0 Å². The van der Waals surface area contributed by atoms with Crippen LogP contribution in [-0.2, 0) is 4.74 Å². The number of ether oxygens (including phenoxy) is 1. The molecule has 68 valence electrons. The molecule has 1 fully saturated rings. The summed E-state index contributed by atoms with van der Waals surface area (Å²) >= 11 is 0. The van der Waals surface area contributed by atoms with Crippen LogP contribution in [0.3, 0.4) is 0 Å². The summed E-state index contributed by atoms with van der Waals surface area (Å²) in [5.74, 6) is 0.699. The lowest BCUT2D eigenvalue weighted by Gasteiger charge is -2.26. The quantitative estimate of drug-likeness (QED) is 0.628. The summed E-state index contributed by atoms with van der Waals surface area (Å²) in [5.41, 5.74) is 0. The fourth-order valence-corrected chi connectivity index (χ4v) is 1.01. The molecule has 1 atom stereocenters. The van der Waals surface area contributed by atoms with Crippen LogP contribution in [0.2, 0.25) is 0 Å². The molecule has 0 aromatic carbocycles. The summed E-state index contributed by atoms with van der Waals surface area (Å²) in [6.07, 6.45) is 0. The van der Waals surface area contributed by atoms with Crippen LogP contribution in [0.15, 0.2) is 0 Å². The molecule has 0 aromatic rings. The first kappa shape index (κ1) is 10.9. The predicted octanol–water partition coefficient (Wildman–Crippen LogP) is 1.66. The molecule has 0 amide bonds. The normalized spacial score (nSPS) is 24.3. The molecule has 1 saturated heterocycles. The van der Waals surface area contributed by atoms with Gasteiger partial charge in [0.15, 0.2) is 0 Å². The third-order valence-corrected chi connectivity index (χ3v) is 1.76. The van der Waals surface area contributed by atoms with Crippen molar-refractivity contribution in [2.45, 2.75) is 33.7 Å². The van der Waals surface area contributed by atoms with Crippen LogP contribution in [0, 0.1) is 5.92 Å². The molecule has 1 aliphatic rings. The second-order valence-corrected chi connectivity index (χ2v) is 2.88. The van der Waals surface area contributed by atoms with Crippen molar-refractivity contribution in [1.29, 1.82) is 0 Å². The molecular formula is C9H21NO. The summed E-state index contributed by atoms with van der Waals surface area (Å²) in [5, 5.41) is 3.39. The molecule has 11 heavy (non-hydrogen) atoms. The minimum absolute atomic E-state index is 0.582. The van der Waals surface area contributed by atoms with Gasteiger partial charge in [0.2, 0.25) is 0 Å². The van der Waals surface area contributed by atoms with Crippen LogP contribution in [-0.4, -0.2) is 25.8 Å².